The topological polar surface area (TPSA) is 52.0 Å². The number of nitrogen functional groups attached to an aromatic ring is 1. The fourth-order valence-electron chi connectivity index (χ4n) is 2.04. The first kappa shape index (κ1) is 12.7. The zero-order valence-electron chi connectivity index (χ0n) is 10.2. The Hall–Kier alpha value is -1.34. The van der Waals surface area contributed by atoms with Crippen molar-refractivity contribution in [2.24, 2.45) is 0 Å². The van der Waals surface area contributed by atoms with Crippen LogP contribution in [-0.2, 0) is 0 Å². The van der Waals surface area contributed by atoms with Crippen molar-refractivity contribution in [3.05, 3.63) is 44.2 Å². The number of thiophene rings is 1. The van der Waals surface area contributed by atoms with Crippen LogP contribution >= 0.6 is 33.9 Å². The van der Waals surface area contributed by atoms with Crippen LogP contribution in [0.15, 0.2) is 40.2 Å². The summed E-state index contributed by atoms with van der Waals surface area (Å²) in [4.78, 5) is 0. The highest BCUT2D eigenvalue weighted by molar-refractivity contribution is 14.1. The maximum absolute atomic E-state index is 5.98. The number of hydrogen-bond acceptors (Lipinski definition) is 4. The third-order valence-electron chi connectivity index (χ3n) is 2.96. The highest BCUT2D eigenvalue weighted by Crippen LogP contribution is 2.39. The molecule has 3 rings (SSSR count). The summed E-state index contributed by atoms with van der Waals surface area (Å²) in [6, 6.07) is 10.2. The van der Waals surface area contributed by atoms with Gasteiger partial charge in [-0.3, -0.25) is 0 Å². The van der Waals surface area contributed by atoms with Gasteiger partial charge in [0.25, 0.3) is 0 Å². The molecule has 0 saturated carbocycles. The van der Waals surface area contributed by atoms with Gasteiger partial charge in [0.05, 0.1) is 8.45 Å². The van der Waals surface area contributed by atoms with Gasteiger partial charge in [-0.15, -0.1) is 11.3 Å². The Morgan fingerprint density at radius 3 is 2.79 bits per heavy atom. The lowest BCUT2D eigenvalue weighted by molar-refractivity contribution is 0.436. The van der Waals surface area contributed by atoms with E-state index in [1.54, 1.807) is 11.3 Å². The van der Waals surface area contributed by atoms with Crippen molar-refractivity contribution in [1.29, 1.82) is 0 Å². The van der Waals surface area contributed by atoms with Crippen molar-refractivity contribution in [1.82, 2.24) is 5.16 Å². The van der Waals surface area contributed by atoms with Gasteiger partial charge in [0.2, 0.25) is 0 Å². The Labute approximate surface area is 128 Å². The predicted molar refractivity (Wildman–Crippen MR) is 87.1 cm³/mol. The normalized spacial score (nSPS) is 10.8. The number of rotatable bonds is 2. The van der Waals surface area contributed by atoms with E-state index in [4.69, 9.17) is 10.3 Å². The second-order valence-electron chi connectivity index (χ2n) is 4.23. The van der Waals surface area contributed by atoms with Crippen molar-refractivity contribution < 1.29 is 4.52 Å². The Morgan fingerprint density at radius 2 is 2.11 bits per heavy atom. The summed E-state index contributed by atoms with van der Waals surface area (Å²) in [5, 5.41) is 5.98. The van der Waals surface area contributed by atoms with Gasteiger partial charge >= 0.3 is 0 Å². The molecule has 3 aromatic rings. The van der Waals surface area contributed by atoms with E-state index < -0.39 is 0 Å². The van der Waals surface area contributed by atoms with Gasteiger partial charge in [0, 0.05) is 10.9 Å². The predicted octanol–water partition coefficient (Wildman–Crippen LogP) is 4.57. The van der Waals surface area contributed by atoms with Crippen LogP contribution in [0.2, 0.25) is 0 Å². The number of benzene rings is 1. The Kier molecular flexibility index (Phi) is 3.32. The molecule has 0 unspecified atom stereocenters. The van der Waals surface area contributed by atoms with E-state index in [1.807, 2.05) is 18.2 Å². The van der Waals surface area contributed by atoms with Gasteiger partial charge < -0.3 is 10.3 Å². The summed E-state index contributed by atoms with van der Waals surface area (Å²) in [5.41, 5.74) is 10.1. The van der Waals surface area contributed by atoms with E-state index in [0.29, 0.717) is 5.82 Å². The third kappa shape index (κ3) is 2.28. The molecule has 0 radical (unpaired) electrons. The van der Waals surface area contributed by atoms with Crippen molar-refractivity contribution in [3.63, 3.8) is 0 Å². The lowest BCUT2D eigenvalue weighted by atomic mass is 9.99. The molecule has 3 nitrogen and oxygen atoms in total. The molecule has 0 aliphatic heterocycles. The Bertz CT molecular complexity index is 733. The van der Waals surface area contributed by atoms with Gasteiger partial charge in [-0.1, -0.05) is 29.4 Å². The van der Waals surface area contributed by atoms with Gasteiger partial charge in [-0.25, -0.2) is 0 Å². The summed E-state index contributed by atoms with van der Waals surface area (Å²) >= 11 is 3.97. The zero-order chi connectivity index (χ0) is 13.4. The molecule has 2 N–H and O–H groups in total. The minimum Gasteiger partial charge on any atom is -0.380 e. The number of hydrogen-bond donors (Lipinski definition) is 1. The lowest BCUT2D eigenvalue weighted by Crippen LogP contribution is -1.90. The molecule has 19 heavy (non-hydrogen) atoms. The van der Waals surface area contributed by atoms with E-state index in [1.165, 1.54) is 2.88 Å². The van der Waals surface area contributed by atoms with Gasteiger partial charge in [0.1, 0.15) is 0 Å². The van der Waals surface area contributed by atoms with E-state index in [0.717, 1.165) is 28.0 Å². The minimum absolute atomic E-state index is 0.436. The summed E-state index contributed by atoms with van der Waals surface area (Å²) in [7, 11) is 0. The van der Waals surface area contributed by atoms with Crippen molar-refractivity contribution in [2.45, 2.75) is 6.92 Å². The number of halogens is 1. The van der Waals surface area contributed by atoms with Crippen LogP contribution in [0, 0.1) is 9.81 Å². The van der Waals surface area contributed by atoms with Gasteiger partial charge in [-0.2, -0.15) is 0 Å². The lowest BCUT2D eigenvalue weighted by Gasteiger charge is -2.05. The summed E-state index contributed by atoms with van der Waals surface area (Å²) in [6.07, 6.45) is 0. The Morgan fingerprint density at radius 1 is 1.32 bits per heavy atom. The van der Waals surface area contributed by atoms with Crippen LogP contribution in [0.25, 0.3) is 22.5 Å². The van der Waals surface area contributed by atoms with E-state index in [9.17, 15) is 0 Å². The molecule has 2 heterocycles. The van der Waals surface area contributed by atoms with E-state index in [2.05, 4.69) is 52.2 Å². The molecule has 2 aromatic heterocycles. The summed E-state index contributed by atoms with van der Waals surface area (Å²) in [6.45, 7) is 2.06. The number of nitrogens with two attached hydrogens (primary N) is 1. The average Bonchev–Trinajstić information content (AvgIpc) is 2.96. The molecule has 0 bridgehead atoms. The number of aryl methyl sites for hydroxylation is 1. The minimum atomic E-state index is 0.436. The first-order chi connectivity index (χ1) is 9.16. The van der Waals surface area contributed by atoms with Crippen LogP contribution in [0.3, 0.4) is 0 Å². The van der Waals surface area contributed by atoms with Crippen LogP contribution in [0.5, 0.6) is 0 Å². The molecular weight excluding hydrogens is 371 g/mol. The number of aromatic nitrogens is 1. The first-order valence-corrected chi connectivity index (χ1v) is 7.68. The molecule has 0 atom stereocenters. The molecule has 0 spiro atoms. The molecule has 0 aliphatic carbocycles. The van der Waals surface area contributed by atoms with Crippen LogP contribution in [-0.4, -0.2) is 5.16 Å². The SMILES string of the molecule is Cc1ccccc1-c1c(N)noc1-c1csc(I)c1. The smallest absolute Gasteiger partial charge is 0.177 e. The second-order valence-corrected chi connectivity index (χ2v) is 7.03. The molecule has 96 valence electrons. The van der Waals surface area contributed by atoms with Gasteiger partial charge in [0.15, 0.2) is 11.6 Å². The van der Waals surface area contributed by atoms with Crippen molar-refractivity contribution in [2.75, 3.05) is 5.73 Å². The maximum atomic E-state index is 5.98. The largest absolute Gasteiger partial charge is 0.380 e. The molecule has 0 fully saturated rings. The molecule has 0 aliphatic rings. The van der Waals surface area contributed by atoms with E-state index in [-0.39, 0.29) is 0 Å². The average molecular weight is 382 g/mol. The molecule has 0 saturated heterocycles. The fraction of sp³-hybridized carbons (Fsp3) is 0.0714. The first-order valence-electron chi connectivity index (χ1n) is 5.72. The molecule has 5 heteroatoms. The van der Waals surface area contributed by atoms with Crippen LogP contribution in [0.1, 0.15) is 5.56 Å². The third-order valence-corrected chi connectivity index (χ3v) is 4.75. The highest BCUT2D eigenvalue weighted by atomic mass is 127. The molecular formula is C14H11IN2OS. The second kappa shape index (κ2) is 4.97. The summed E-state index contributed by atoms with van der Waals surface area (Å²) in [5.74, 6) is 1.18. The van der Waals surface area contributed by atoms with Crippen LogP contribution < -0.4 is 5.73 Å². The van der Waals surface area contributed by atoms with Crippen molar-refractivity contribution >= 4 is 39.7 Å². The summed E-state index contributed by atoms with van der Waals surface area (Å²) < 4.78 is 6.64. The van der Waals surface area contributed by atoms with Crippen molar-refractivity contribution in [3.8, 4) is 22.5 Å². The highest BCUT2D eigenvalue weighted by Gasteiger charge is 2.19. The van der Waals surface area contributed by atoms with Crippen LogP contribution in [0.4, 0.5) is 5.82 Å². The molecule has 1 aromatic carbocycles. The number of anilines is 1. The standard InChI is InChI=1S/C14H11IN2OS/c1-8-4-2-3-5-10(8)12-13(18-17-14(12)16)9-6-11(15)19-7-9/h2-7H,1H3,(H2,16,17). The maximum Gasteiger partial charge on any atom is 0.177 e. The zero-order valence-corrected chi connectivity index (χ0v) is 13.2. The monoisotopic (exact) mass is 382 g/mol. The Balaban J connectivity index is 2.22. The van der Waals surface area contributed by atoms with E-state index >= 15 is 0 Å². The number of nitrogens with zero attached hydrogens (tertiary/aromatic N) is 1. The fourth-order valence-corrected chi connectivity index (χ4v) is 3.37. The van der Waals surface area contributed by atoms with Gasteiger partial charge in [-0.05, 0) is 46.7 Å². The quantitative estimate of drug-likeness (QED) is 0.661. The molecule has 0 amide bonds.